The highest BCUT2D eigenvalue weighted by atomic mass is 16.5. The number of hydrogen-bond acceptors (Lipinski definition) is 4. The molecule has 2 amide bonds. The van der Waals surface area contributed by atoms with Gasteiger partial charge in [0.05, 0.1) is 18.8 Å². The molecule has 2 rings (SSSR count). The molecule has 0 spiro atoms. The van der Waals surface area contributed by atoms with Crippen molar-refractivity contribution in [1.29, 1.82) is 0 Å². The largest absolute Gasteiger partial charge is 0.373 e. The van der Waals surface area contributed by atoms with E-state index in [1.807, 2.05) is 4.90 Å². The third kappa shape index (κ3) is 6.47. The summed E-state index contributed by atoms with van der Waals surface area (Å²) in [5.41, 5.74) is -0.175. The second kappa shape index (κ2) is 8.64. The van der Waals surface area contributed by atoms with E-state index < -0.39 is 0 Å². The highest BCUT2D eigenvalue weighted by Crippen LogP contribution is 2.15. The van der Waals surface area contributed by atoms with Crippen LogP contribution in [0.15, 0.2) is 0 Å². The fourth-order valence-corrected chi connectivity index (χ4v) is 3.28. The molecule has 132 valence electrons. The molecule has 0 aromatic heterocycles. The lowest BCUT2D eigenvalue weighted by molar-refractivity contribution is -0.130. The Morgan fingerprint density at radius 2 is 2.09 bits per heavy atom. The fraction of sp³-hybridized carbons (Fsp3) is 0.882. The van der Waals surface area contributed by atoms with Gasteiger partial charge in [-0.25, -0.2) is 0 Å². The molecule has 2 fully saturated rings. The smallest absolute Gasteiger partial charge is 0.234 e. The zero-order valence-corrected chi connectivity index (χ0v) is 14.6. The molecule has 0 aliphatic carbocycles. The van der Waals surface area contributed by atoms with Gasteiger partial charge in [-0.05, 0) is 33.1 Å². The van der Waals surface area contributed by atoms with Crippen LogP contribution < -0.4 is 5.32 Å². The van der Waals surface area contributed by atoms with Gasteiger partial charge in [0.15, 0.2) is 0 Å². The lowest BCUT2D eigenvalue weighted by Crippen LogP contribution is -2.51. The van der Waals surface area contributed by atoms with Crippen molar-refractivity contribution >= 4 is 11.8 Å². The van der Waals surface area contributed by atoms with Crippen molar-refractivity contribution in [3.63, 3.8) is 0 Å². The molecule has 0 radical (unpaired) electrons. The number of rotatable bonds is 6. The lowest BCUT2D eigenvalue weighted by atomic mass is 10.1. The van der Waals surface area contributed by atoms with E-state index in [1.165, 1.54) is 0 Å². The normalized spacial score (nSPS) is 22.7. The first kappa shape index (κ1) is 18.2. The van der Waals surface area contributed by atoms with Gasteiger partial charge in [0.25, 0.3) is 0 Å². The molecule has 0 aromatic rings. The monoisotopic (exact) mass is 325 g/mol. The van der Waals surface area contributed by atoms with Crippen LogP contribution in [0.5, 0.6) is 0 Å². The maximum atomic E-state index is 12.0. The minimum Gasteiger partial charge on any atom is -0.373 e. The van der Waals surface area contributed by atoms with E-state index >= 15 is 0 Å². The Morgan fingerprint density at radius 3 is 2.87 bits per heavy atom. The van der Waals surface area contributed by atoms with Crippen LogP contribution in [0.25, 0.3) is 0 Å². The number of carbonyl (C=O) groups is 2. The molecular weight excluding hydrogens is 294 g/mol. The highest BCUT2D eigenvalue weighted by Gasteiger charge is 2.28. The van der Waals surface area contributed by atoms with Gasteiger partial charge in [-0.3, -0.25) is 14.5 Å². The van der Waals surface area contributed by atoms with Crippen LogP contribution in [0.1, 0.15) is 46.0 Å². The van der Waals surface area contributed by atoms with Crippen molar-refractivity contribution in [1.82, 2.24) is 15.1 Å². The predicted molar refractivity (Wildman–Crippen MR) is 89.1 cm³/mol. The molecule has 2 aliphatic heterocycles. The number of morpholine rings is 1. The first-order valence-electron chi connectivity index (χ1n) is 8.87. The Morgan fingerprint density at radius 1 is 1.26 bits per heavy atom. The molecule has 0 saturated carbocycles. The number of likely N-dealkylation sites (tertiary alicyclic amines) is 1. The molecule has 6 heteroatoms. The van der Waals surface area contributed by atoms with Crippen LogP contribution in [0.4, 0.5) is 0 Å². The molecule has 23 heavy (non-hydrogen) atoms. The zero-order chi connectivity index (χ0) is 16.7. The second-order valence-corrected chi connectivity index (χ2v) is 7.21. The molecule has 0 atom stereocenters. The fourth-order valence-electron chi connectivity index (χ4n) is 3.28. The summed E-state index contributed by atoms with van der Waals surface area (Å²) in [7, 11) is 0. The molecule has 2 saturated heterocycles. The van der Waals surface area contributed by atoms with Gasteiger partial charge < -0.3 is 15.0 Å². The molecule has 2 heterocycles. The van der Waals surface area contributed by atoms with Crippen LogP contribution in [0.2, 0.25) is 0 Å². The summed E-state index contributed by atoms with van der Waals surface area (Å²) >= 11 is 0. The summed E-state index contributed by atoms with van der Waals surface area (Å²) in [6.45, 7) is 9.05. The van der Waals surface area contributed by atoms with Gasteiger partial charge in [-0.1, -0.05) is 6.42 Å². The molecule has 6 nitrogen and oxygen atoms in total. The summed E-state index contributed by atoms with van der Waals surface area (Å²) < 4.78 is 5.65. The van der Waals surface area contributed by atoms with E-state index in [2.05, 4.69) is 24.1 Å². The third-order valence-corrected chi connectivity index (χ3v) is 4.47. The van der Waals surface area contributed by atoms with Gasteiger partial charge in [0, 0.05) is 39.1 Å². The molecule has 0 bridgehead atoms. The Kier molecular flexibility index (Phi) is 6.84. The van der Waals surface area contributed by atoms with Gasteiger partial charge in [0.2, 0.25) is 11.8 Å². The Balaban J connectivity index is 1.60. The van der Waals surface area contributed by atoms with Crippen molar-refractivity contribution in [3.8, 4) is 0 Å². The summed E-state index contributed by atoms with van der Waals surface area (Å²) in [5.74, 6) is 0.328. The van der Waals surface area contributed by atoms with E-state index in [4.69, 9.17) is 4.74 Å². The van der Waals surface area contributed by atoms with Gasteiger partial charge in [-0.2, -0.15) is 0 Å². The molecule has 0 aromatic carbocycles. The van der Waals surface area contributed by atoms with Gasteiger partial charge in [0.1, 0.15) is 0 Å². The zero-order valence-electron chi connectivity index (χ0n) is 14.6. The van der Waals surface area contributed by atoms with Crippen molar-refractivity contribution < 1.29 is 14.3 Å². The average Bonchev–Trinajstić information content (AvgIpc) is 2.67. The maximum absolute atomic E-state index is 12.0. The molecule has 2 aliphatic rings. The van der Waals surface area contributed by atoms with Gasteiger partial charge in [-0.15, -0.1) is 0 Å². The molecule has 0 unspecified atom stereocenters. The molecular formula is C17H31N3O3. The highest BCUT2D eigenvalue weighted by molar-refractivity contribution is 5.78. The first-order valence-corrected chi connectivity index (χ1v) is 8.87. The molecule has 1 N–H and O–H groups in total. The van der Waals surface area contributed by atoms with Crippen LogP contribution in [0, 0.1) is 0 Å². The van der Waals surface area contributed by atoms with E-state index in [0.717, 1.165) is 51.9 Å². The van der Waals surface area contributed by atoms with E-state index in [9.17, 15) is 9.59 Å². The van der Waals surface area contributed by atoms with E-state index in [-0.39, 0.29) is 17.4 Å². The average molecular weight is 325 g/mol. The number of nitrogens with zero attached hydrogens (tertiary/aromatic N) is 2. The number of hydrogen-bond donors (Lipinski definition) is 1. The van der Waals surface area contributed by atoms with Gasteiger partial charge >= 0.3 is 0 Å². The first-order chi connectivity index (χ1) is 11.0. The predicted octanol–water partition coefficient (Wildman–Crippen LogP) is 1.01. The Hall–Kier alpha value is -1.14. The van der Waals surface area contributed by atoms with Crippen LogP contribution in [-0.4, -0.2) is 73.1 Å². The van der Waals surface area contributed by atoms with E-state index in [1.54, 1.807) is 0 Å². The topological polar surface area (TPSA) is 61.9 Å². The van der Waals surface area contributed by atoms with E-state index in [0.29, 0.717) is 26.1 Å². The van der Waals surface area contributed by atoms with Crippen molar-refractivity contribution in [2.24, 2.45) is 0 Å². The summed E-state index contributed by atoms with van der Waals surface area (Å²) in [6, 6.07) is 0. The van der Waals surface area contributed by atoms with Crippen molar-refractivity contribution in [2.45, 2.75) is 51.6 Å². The summed E-state index contributed by atoms with van der Waals surface area (Å²) in [4.78, 5) is 28.0. The summed E-state index contributed by atoms with van der Waals surface area (Å²) in [5, 5.41) is 2.97. The quantitative estimate of drug-likeness (QED) is 0.740. The Bertz CT molecular complexity index is 412. The third-order valence-electron chi connectivity index (χ3n) is 4.47. The number of ether oxygens (including phenoxy) is 1. The minimum absolute atomic E-state index is 0.0601. The Labute approximate surface area is 139 Å². The SMILES string of the molecule is CC1(C)CN(CC(=O)NCCCN2CCCCCC2=O)CCO1. The summed E-state index contributed by atoms with van der Waals surface area (Å²) in [6.07, 6.45) is 4.77. The standard InChI is InChI=1S/C17H31N3O3/c1-17(2)14-19(11-12-23-17)13-15(21)18-8-6-10-20-9-5-3-4-7-16(20)22/h3-14H2,1-2H3,(H,18,21). The van der Waals surface area contributed by atoms with Crippen molar-refractivity contribution in [2.75, 3.05) is 45.9 Å². The number of carbonyl (C=O) groups excluding carboxylic acids is 2. The van der Waals surface area contributed by atoms with Crippen LogP contribution in [0.3, 0.4) is 0 Å². The number of nitrogens with one attached hydrogen (secondary N) is 1. The van der Waals surface area contributed by atoms with Crippen molar-refractivity contribution in [3.05, 3.63) is 0 Å². The lowest BCUT2D eigenvalue weighted by Gasteiger charge is -2.37. The maximum Gasteiger partial charge on any atom is 0.234 e. The minimum atomic E-state index is -0.175. The van der Waals surface area contributed by atoms with Crippen LogP contribution >= 0.6 is 0 Å². The van der Waals surface area contributed by atoms with Crippen LogP contribution in [-0.2, 0) is 14.3 Å². The second-order valence-electron chi connectivity index (χ2n) is 7.21. The number of amides is 2.